The number of aliphatic imine (C=N–C) groups is 1. The highest BCUT2D eigenvalue weighted by Crippen LogP contribution is 2.20. The number of nitrogens with one attached hydrogen (secondary N) is 2. The summed E-state index contributed by atoms with van der Waals surface area (Å²) in [5.74, 6) is 1.92. The molecule has 2 rings (SSSR count). The van der Waals surface area contributed by atoms with Crippen molar-refractivity contribution in [2.24, 2.45) is 10.9 Å². The molecule has 0 unspecified atom stereocenters. The third-order valence-corrected chi connectivity index (χ3v) is 5.00. The minimum atomic E-state index is 0.649. The molecule has 1 heterocycles. The summed E-state index contributed by atoms with van der Waals surface area (Å²) in [4.78, 5) is 7.35. The Labute approximate surface area is 130 Å². The molecular formula is C17H34N4. The fourth-order valence-corrected chi connectivity index (χ4v) is 3.53. The predicted molar refractivity (Wildman–Crippen MR) is 90.8 cm³/mol. The van der Waals surface area contributed by atoms with Gasteiger partial charge in [0.1, 0.15) is 0 Å². The van der Waals surface area contributed by atoms with Gasteiger partial charge in [-0.1, -0.05) is 19.8 Å². The molecule has 4 heteroatoms. The van der Waals surface area contributed by atoms with E-state index in [9.17, 15) is 0 Å². The maximum absolute atomic E-state index is 4.79. The lowest BCUT2D eigenvalue weighted by Gasteiger charge is -2.30. The van der Waals surface area contributed by atoms with Crippen LogP contribution in [0.4, 0.5) is 0 Å². The van der Waals surface area contributed by atoms with Gasteiger partial charge in [-0.3, -0.25) is 4.99 Å². The number of guanidine groups is 1. The molecular weight excluding hydrogens is 260 g/mol. The molecule has 122 valence electrons. The van der Waals surface area contributed by atoms with E-state index in [-0.39, 0.29) is 0 Å². The summed E-state index contributed by atoms with van der Waals surface area (Å²) in [5.41, 5.74) is 0. The molecule has 1 saturated carbocycles. The summed E-state index contributed by atoms with van der Waals surface area (Å²) < 4.78 is 0. The fourth-order valence-electron chi connectivity index (χ4n) is 3.53. The van der Waals surface area contributed by atoms with Crippen LogP contribution in [-0.2, 0) is 0 Å². The average Bonchev–Trinajstić information content (AvgIpc) is 3.01. The van der Waals surface area contributed by atoms with Crippen LogP contribution in [0.1, 0.15) is 58.8 Å². The zero-order valence-corrected chi connectivity index (χ0v) is 14.0. The lowest BCUT2D eigenvalue weighted by molar-refractivity contribution is 0.188. The molecule has 21 heavy (non-hydrogen) atoms. The Bertz CT molecular complexity index is 302. The Kier molecular flexibility index (Phi) is 7.34. The van der Waals surface area contributed by atoms with Gasteiger partial charge < -0.3 is 15.5 Å². The van der Waals surface area contributed by atoms with Crippen LogP contribution in [0.2, 0.25) is 0 Å². The number of hydrogen-bond donors (Lipinski definition) is 2. The molecule has 0 amide bonds. The Balaban J connectivity index is 1.69. The third-order valence-electron chi connectivity index (χ3n) is 5.00. The molecule has 0 aromatic heterocycles. The third kappa shape index (κ3) is 5.85. The monoisotopic (exact) mass is 294 g/mol. The number of rotatable bonds is 6. The van der Waals surface area contributed by atoms with Crippen LogP contribution in [0.3, 0.4) is 0 Å². The molecule has 0 bridgehead atoms. The van der Waals surface area contributed by atoms with Gasteiger partial charge in [-0.2, -0.15) is 0 Å². The minimum Gasteiger partial charge on any atom is -0.357 e. The maximum atomic E-state index is 4.79. The summed E-state index contributed by atoms with van der Waals surface area (Å²) in [6.45, 7) is 10.1. The van der Waals surface area contributed by atoms with E-state index < -0.39 is 0 Å². The van der Waals surface area contributed by atoms with Gasteiger partial charge in [0.05, 0.1) is 0 Å². The Morgan fingerprint density at radius 1 is 1.10 bits per heavy atom. The number of nitrogens with zero attached hydrogens (tertiary/aromatic N) is 2. The van der Waals surface area contributed by atoms with Gasteiger partial charge in [0.25, 0.3) is 0 Å². The van der Waals surface area contributed by atoms with E-state index in [1.54, 1.807) is 0 Å². The summed E-state index contributed by atoms with van der Waals surface area (Å²) in [6.07, 6.45) is 9.31. The highest BCUT2D eigenvalue weighted by atomic mass is 15.2. The van der Waals surface area contributed by atoms with Gasteiger partial charge in [0.2, 0.25) is 0 Å². The zero-order chi connectivity index (χ0) is 14.9. The van der Waals surface area contributed by atoms with Crippen molar-refractivity contribution in [3.05, 3.63) is 0 Å². The van der Waals surface area contributed by atoms with E-state index >= 15 is 0 Å². The Hall–Kier alpha value is -0.770. The zero-order valence-electron chi connectivity index (χ0n) is 14.0. The standard InChI is InChI=1S/C17H34N4/c1-3-18-17(20-16-7-5-6-8-16)19-12-9-15-10-13-21(4-2)14-11-15/h15-16H,3-14H2,1-2H3,(H2,18,19,20). The van der Waals surface area contributed by atoms with E-state index in [2.05, 4.69) is 29.4 Å². The highest BCUT2D eigenvalue weighted by Gasteiger charge is 2.18. The van der Waals surface area contributed by atoms with E-state index in [0.29, 0.717) is 6.04 Å². The van der Waals surface area contributed by atoms with Crippen LogP contribution in [0.5, 0.6) is 0 Å². The Morgan fingerprint density at radius 3 is 2.43 bits per heavy atom. The van der Waals surface area contributed by atoms with Crippen molar-refractivity contribution in [3.63, 3.8) is 0 Å². The molecule has 2 aliphatic rings. The molecule has 0 radical (unpaired) electrons. The summed E-state index contributed by atoms with van der Waals surface area (Å²) >= 11 is 0. The van der Waals surface area contributed by atoms with E-state index in [0.717, 1.165) is 25.0 Å². The van der Waals surface area contributed by atoms with Crippen molar-refractivity contribution in [1.29, 1.82) is 0 Å². The smallest absolute Gasteiger partial charge is 0.191 e. The van der Waals surface area contributed by atoms with Gasteiger partial charge in [0, 0.05) is 19.1 Å². The van der Waals surface area contributed by atoms with Gasteiger partial charge in [-0.15, -0.1) is 0 Å². The van der Waals surface area contributed by atoms with Crippen molar-refractivity contribution in [3.8, 4) is 0 Å². The van der Waals surface area contributed by atoms with Gasteiger partial charge in [-0.25, -0.2) is 0 Å². The molecule has 1 saturated heterocycles. The van der Waals surface area contributed by atoms with Crippen molar-refractivity contribution in [2.45, 2.75) is 64.8 Å². The second-order valence-corrected chi connectivity index (χ2v) is 6.55. The Morgan fingerprint density at radius 2 is 1.81 bits per heavy atom. The number of hydrogen-bond acceptors (Lipinski definition) is 2. The van der Waals surface area contributed by atoms with Crippen LogP contribution >= 0.6 is 0 Å². The van der Waals surface area contributed by atoms with Gasteiger partial charge in [-0.05, 0) is 64.6 Å². The van der Waals surface area contributed by atoms with Crippen molar-refractivity contribution < 1.29 is 0 Å². The number of likely N-dealkylation sites (tertiary alicyclic amines) is 1. The molecule has 0 spiro atoms. The fraction of sp³-hybridized carbons (Fsp3) is 0.941. The topological polar surface area (TPSA) is 39.7 Å². The van der Waals surface area contributed by atoms with E-state index in [4.69, 9.17) is 4.99 Å². The first-order valence-electron chi connectivity index (χ1n) is 9.09. The lowest BCUT2D eigenvalue weighted by Crippen LogP contribution is -2.42. The second kappa shape index (κ2) is 9.29. The SMILES string of the molecule is CCNC(=NCCC1CCN(CC)CC1)NC1CCCC1. The van der Waals surface area contributed by atoms with E-state index in [1.807, 2.05) is 0 Å². The molecule has 4 nitrogen and oxygen atoms in total. The molecule has 1 aliphatic heterocycles. The summed E-state index contributed by atoms with van der Waals surface area (Å²) in [6, 6.07) is 0.649. The largest absolute Gasteiger partial charge is 0.357 e. The first-order chi connectivity index (χ1) is 10.3. The van der Waals surface area contributed by atoms with Crippen molar-refractivity contribution >= 4 is 5.96 Å². The molecule has 0 aromatic rings. The summed E-state index contributed by atoms with van der Waals surface area (Å²) in [5, 5.41) is 7.00. The first kappa shape index (κ1) is 16.6. The average molecular weight is 294 g/mol. The number of piperidine rings is 1. The predicted octanol–water partition coefficient (Wildman–Crippen LogP) is 2.61. The first-order valence-corrected chi connectivity index (χ1v) is 9.09. The van der Waals surface area contributed by atoms with Gasteiger partial charge in [0.15, 0.2) is 5.96 Å². The molecule has 2 fully saturated rings. The molecule has 0 aromatic carbocycles. The maximum Gasteiger partial charge on any atom is 0.191 e. The molecule has 0 atom stereocenters. The second-order valence-electron chi connectivity index (χ2n) is 6.55. The highest BCUT2D eigenvalue weighted by molar-refractivity contribution is 5.80. The molecule has 2 N–H and O–H groups in total. The van der Waals surface area contributed by atoms with Crippen molar-refractivity contribution in [1.82, 2.24) is 15.5 Å². The van der Waals surface area contributed by atoms with Crippen LogP contribution in [-0.4, -0.2) is 49.6 Å². The van der Waals surface area contributed by atoms with Crippen LogP contribution in [0, 0.1) is 5.92 Å². The molecule has 1 aliphatic carbocycles. The van der Waals surface area contributed by atoms with Crippen LogP contribution in [0.25, 0.3) is 0 Å². The quantitative estimate of drug-likeness (QED) is 0.584. The van der Waals surface area contributed by atoms with Crippen LogP contribution in [0.15, 0.2) is 4.99 Å². The minimum absolute atomic E-state index is 0.649. The van der Waals surface area contributed by atoms with Gasteiger partial charge >= 0.3 is 0 Å². The normalized spacial score (nSPS) is 22.7. The summed E-state index contributed by atoms with van der Waals surface area (Å²) in [7, 11) is 0. The van der Waals surface area contributed by atoms with E-state index in [1.165, 1.54) is 64.6 Å². The lowest BCUT2D eigenvalue weighted by atomic mass is 9.94. The van der Waals surface area contributed by atoms with Crippen molar-refractivity contribution in [2.75, 3.05) is 32.7 Å². The van der Waals surface area contributed by atoms with Crippen LogP contribution < -0.4 is 10.6 Å².